The molecular formula is C19H25N3O2S. The van der Waals surface area contributed by atoms with Gasteiger partial charge in [-0.2, -0.15) is 0 Å². The lowest BCUT2D eigenvalue weighted by molar-refractivity contribution is 0.235. The maximum Gasteiger partial charge on any atom is 0.253 e. The number of pyridine rings is 1. The minimum absolute atomic E-state index is 0.0580. The molecule has 3 rings (SSSR count). The van der Waals surface area contributed by atoms with Gasteiger partial charge in [-0.15, -0.1) is 0 Å². The van der Waals surface area contributed by atoms with Crippen LogP contribution in [-0.2, 0) is 6.54 Å². The third kappa shape index (κ3) is 3.95. The van der Waals surface area contributed by atoms with Gasteiger partial charge in [0.05, 0.1) is 13.7 Å². The molecule has 0 atom stereocenters. The molecule has 1 saturated carbocycles. The molecule has 0 aliphatic heterocycles. The number of nitrogens with one attached hydrogen (secondary N) is 2. The van der Waals surface area contributed by atoms with E-state index in [4.69, 9.17) is 17.0 Å². The zero-order valence-corrected chi connectivity index (χ0v) is 15.6. The largest absolute Gasteiger partial charge is 0.497 e. The van der Waals surface area contributed by atoms with Crippen LogP contribution in [0.4, 0.5) is 0 Å². The van der Waals surface area contributed by atoms with Gasteiger partial charge in [-0.25, -0.2) is 0 Å². The topological polar surface area (TPSA) is 57.4 Å². The van der Waals surface area contributed by atoms with E-state index in [0.29, 0.717) is 17.7 Å². The fourth-order valence-corrected chi connectivity index (χ4v) is 3.77. The molecule has 134 valence electrons. The average molecular weight is 359 g/mol. The number of ether oxygens (including phenoxy) is 1. The van der Waals surface area contributed by atoms with Crippen molar-refractivity contribution in [3.8, 4) is 5.75 Å². The number of hydrogen-bond donors (Lipinski definition) is 2. The number of hydrogen-bond acceptors (Lipinski definition) is 3. The summed E-state index contributed by atoms with van der Waals surface area (Å²) in [7, 11) is 3.48. The minimum Gasteiger partial charge on any atom is -0.497 e. The summed E-state index contributed by atoms with van der Waals surface area (Å²) in [5.74, 6) is 0.778. The molecule has 1 aliphatic rings. The van der Waals surface area contributed by atoms with Crippen molar-refractivity contribution in [2.75, 3.05) is 14.2 Å². The number of nitrogens with zero attached hydrogens (tertiary/aromatic N) is 1. The van der Waals surface area contributed by atoms with E-state index in [1.165, 1.54) is 19.3 Å². The van der Waals surface area contributed by atoms with Gasteiger partial charge in [0.2, 0.25) is 0 Å². The summed E-state index contributed by atoms with van der Waals surface area (Å²) < 4.78 is 5.29. The molecule has 0 radical (unpaired) electrons. The molecule has 0 spiro atoms. The summed E-state index contributed by atoms with van der Waals surface area (Å²) >= 11 is 5.52. The third-order valence-electron chi connectivity index (χ3n) is 4.96. The molecule has 1 aliphatic carbocycles. The smallest absolute Gasteiger partial charge is 0.253 e. The summed E-state index contributed by atoms with van der Waals surface area (Å²) in [6, 6.07) is 8.01. The molecule has 1 aromatic carbocycles. The monoisotopic (exact) mass is 359 g/mol. The van der Waals surface area contributed by atoms with Crippen molar-refractivity contribution in [3.05, 3.63) is 40.2 Å². The highest BCUT2D eigenvalue weighted by Crippen LogP contribution is 2.25. The Morgan fingerprint density at radius 2 is 2.08 bits per heavy atom. The van der Waals surface area contributed by atoms with Crippen LogP contribution >= 0.6 is 12.2 Å². The van der Waals surface area contributed by atoms with Crippen LogP contribution in [0.25, 0.3) is 10.9 Å². The van der Waals surface area contributed by atoms with Gasteiger partial charge in [0.1, 0.15) is 5.75 Å². The normalized spacial score (nSPS) is 15.1. The van der Waals surface area contributed by atoms with Crippen molar-refractivity contribution in [1.82, 2.24) is 15.2 Å². The molecule has 2 aromatic rings. The summed E-state index contributed by atoms with van der Waals surface area (Å²) in [6.45, 7) is 0.521. The predicted octanol–water partition coefficient (Wildman–Crippen LogP) is 3.18. The van der Waals surface area contributed by atoms with E-state index in [2.05, 4.69) is 15.2 Å². The Balaban J connectivity index is 1.93. The van der Waals surface area contributed by atoms with Gasteiger partial charge in [-0.3, -0.25) is 4.79 Å². The molecule has 5 nitrogen and oxygen atoms in total. The van der Waals surface area contributed by atoms with Crippen LogP contribution in [0.3, 0.4) is 0 Å². The number of aromatic nitrogens is 1. The maximum atomic E-state index is 12.5. The van der Waals surface area contributed by atoms with Crippen LogP contribution in [0.5, 0.6) is 5.75 Å². The van der Waals surface area contributed by atoms with Gasteiger partial charge in [-0.05, 0) is 49.3 Å². The van der Waals surface area contributed by atoms with E-state index in [0.717, 1.165) is 35.1 Å². The molecule has 2 N–H and O–H groups in total. The SMILES string of the molecule is CNC(=S)N(Cc1cc2cc(OC)ccc2[nH]c1=O)C1CCCCC1. The van der Waals surface area contributed by atoms with Crippen molar-refractivity contribution >= 4 is 28.2 Å². The second kappa shape index (κ2) is 7.87. The molecular weight excluding hydrogens is 334 g/mol. The van der Waals surface area contributed by atoms with Crippen molar-refractivity contribution in [2.24, 2.45) is 0 Å². The number of rotatable bonds is 4. The van der Waals surface area contributed by atoms with Gasteiger partial charge in [0.25, 0.3) is 5.56 Å². The predicted molar refractivity (Wildman–Crippen MR) is 105 cm³/mol. The van der Waals surface area contributed by atoms with Crippen molar-refractivity contribution in [1.29, 1.82) is 0 Å². The number of methoxy groups -OCH3 is 1. The molecule has 0 saturated heterocycles. The average Bonchev–Trinajstić information content (AvgIpc) is 2.66. The van der Waals surface area contributed by atoms with Crippen LogP contribution in [-0.4, -0.2) is 35.2 Å². The molecule has 6 heteroatoms. The number of aromatic amines is 1. The second-order valence-corrected chi connectivity index (χ2v) is 6.94. The lowest BCUT2D eigenvalue weighted by Gasteiger charge is -2.35. The number of fused-ring (bicyclic) bond motifs is 1. The first-order chi connectivity index (χ1) is 12.1. The van der Waals surface area contributed by atoms with Crippen molar-refractivity contribution < 1.29 is 4.74 Å². The highest BCUT2D eigenvalue weighted by atomic mass is 32.1. The molecule has 25 heavy (non-hydrogen) atoms. The summed E-state index contributed by atoms with van der Waals surface area (Å²) in [5.41, 5.74) is 1.48. The van der Waals surface area contributed by atoms with Crippen molar-refractivity contribution in [3.63, 3.8) is 0 Å². The number of H-pyrrole nitrogens is 1. The fraction of sp³-hybridized carbons (Fsp3) is 0.474. The van der Waals surface area contributed by atoms with E-state index in [1.54, 1.807) is 7.11 Å². The molecule has 0 amide bonds. The van der Waals surface area contributed by atoms with Crippen LogP contribution in [0, 0.1) is 0 Å². The van der Waals surface area contributed by atoms with Crippen molar-refractivity contribution in [2.45, 2.75) is 44.7 Å². The third-order valence-corrected chi connectivity index (χ3v) is 5.40. The Bertz CT molecular complexity index is 812. The Hall–Kier alpha value is -2.08. The van der Waals surface area contributed by atoms with Gasteiger partial charge in [0.15, 0.2) is 5.11 Å². The van der Waals surface area contributed by atoms with Crippen LogP contribution in [0.2, 0.25) is 0 Å². The van der Waals surface area contributed by atoms with Crippen LogP contribution in [0.15, 0.2) is 29.1 Å². The van der Waals surface area contributed by atoms with E-state index in [1.807, 2.05) is 31.3 Å². The summed E-state index contributed by atoms with van der Waals surface area (Å²) in [4.78, 5) is 17.7. The van der Waals surface area contributed by atoms with Crippen LogP contribution in [0.1, 0.15) is 37.7 Å². The number of benzene rings is 1. The van der Waals surface area contributed by atoms with Gasteiger partial charge in [0, 0.05) is 29.6 Å². The minimum atomic E-state index is -0.0580. The lowest BCUT2D eigenvalue weighted by atomic mass is 9.94. The highest BCUT2D eigenvalue weighted by molar-refractivity contribution is 7.80. The van der Waals surface area contributed by atoms with Gasteiger partial charge in [-0.1, -0.05) is 19.3 Å². The highest BCUT2D eigenvalue weighted by Gasteiger charge is 2.23. The summed E-state index contributed by atoms with van der Waals surface area (Å²) in [5, 5.41) is 4.75. The van der Waals surface area contributed by atoms with E-state index < -0.39 is 0 Å². The Morgan fingerprint density at radius 3 is 2.76 bits per heavy atom. The van der Waals surface area contributed by atoms with E-state index in [-0.39, 0.29) is 5.56 Å². The Kier molecular flexibility index (Phi) is 5.58. The Morgan fingerprint density at radius 1 is 1.32 bits per heavy atom. The maximum absolute atomic E-state index is 12.5. The second-order valence-electron chi connectivity index (χ2n) is 6.55. The van der Waals surface area contributed by atoms with E-state index >= 15 is 0 Å². The first-order valence-corrected chi connectivity index (χ1v) is 9.21. The standard InChI is InChI=1S/C19H25N3O2S/c1-20-19(25)22(15-6-4-3-5-7-15)12-14-10-13-11-16(24-2)8-9-17(13)21-18(14)23/h8-11,15H,3-7,12H2,1-2H3,(H,20,25)(H,21,23). The number of thiocarbonyl (C=S) groups is 1. The van der Waals surface area contributed by atoms with E-state index in [9.17, 15) is 4.79 Å². The van der Waals surface area contributed by atoms with Gasteiger partial charge >= 0.3 is 0 Å². The first-order valence-electron chi connectivity index (χ1n) is 8.80. The van der Waals surface area contributed by atoms with Gasteiger partial charge < -0.3 is 19.9 Å². The molecule has 1 fully saturated rings. The molecule has 1 aromatic heterocycles. The molecule has 0 bridgehead atoms. The Labute approximate surface area is 153 Å². The lowest BCUT2D eigenvalue weighted by Crippen LogP contribution is -2.46. The fourth-order valence-electron chi connectivity index (χ4n) is 3.56. The zero-order chi connectivity index (χ0) is 17.8. The van der Waals surface area contributed by atoms with Crippen LogP contribution < -0.4 is 15.6 Å². The first kappa shape index (κ1) is 17.7. The zero-order valence-electron chi connectivity index (χ0n) is 14.8. The quantitative estimate of drug-likeness (QED) is 0.821. The molecule has 0 unspecified atom stereocenters. The molecule has 1 heterocycles. The summed E-state index contributed by atoms with van der Waals surface area (Å²) in [6.07, 6.45) is 5.98.